The molecule has 0 radical (unpaired) electrons. The molecule has 0 aromatic heterocycles. The number of piperidine rings is 1. The summed E-state index contributed by atoms with van der Waals surface area (Å²) in [6.45, 7) is 7.38. The quantitative estimate of drug-likeness (QED) is 0.720. The van der Waals surface area contributed by atoms with Gasteiger partial charge in [-0.25, -0.2) is 0 Å². The van der Waals surface area contributed by atoms with E-state index in [9.17, 15) is 0 Å². The van der Waals surface area contributed by atoms with Crippen LogP contribution < -0.4 is 0 Å². The zero-order valence-corrected chi connectivity index (χ0v) is 14.8. The first-order chi connectivity index (χ1) is 11.2. The van der Waals surface area contributed by atoms with Crippen molar-refractivity contribution in [3.63, 3.8) is 0 Å². The van der Waals surface area contributed by atoms with Crippen LogP contribution in [0.2, 0.25) is 0 Å². The average Bonchev–Trinajstić information content (AvgIpc) is 2.95. The summed E-state index contributed by atoms with van der Waals surface area (Å²) in [5.74, 6) is 1.85. The molecule has 23 heavy (non-hydrogen) atoms. The smallest absolute Gasteiger partial charge is 0.0165 e. The first-order valence-corrected chi connectivity index (χ1v) is 9.71. The summed E-state index contributed by atoms with van der Waals surface area (Å²) in [6, 6.07) is 9.89. The van der Waals surface area contributed by atoms with E-state index in [1.54, 1.807) is 5.56 Å². The van der Waals surface area contributed by atoms with Crippen molar-refractivity contribution in [3.8, 4) is 0 Å². The van der Waals surface area contributed by atoms with Gasteiger partial charge in [0.1, 0.15) is 0 Å². The molecule has 1 spiro atoms. The van der Waals surface area contributed by atoms with Crippen molar-refractivity contribution in [3.05, 3.63) is 41.5 Å². The van der Waals surface area contributed by atoms with E-state index in [1.807, 2.05) is 0 Å². The molecule has 0 atom stereocenters. The van der Waals surface area contributed by atoms with Gasteiger partial charge in [0.15, 0.2) is 0 Å². The minimum atomic E-state index is 0.349. The second kappa shape index (κ2) is 6.09. The van der Waals surface area contributed by atoms with Gasteiger partial charge in [0.25, 0.3) is 0 Å². The normalized spacial score (nSPS) is 30.0. The maximum Gasteiger partial charge on any atom is 0.0165 e. The average molecular weight is 309 g/mol. The van der Waals surface area contributed by atoms with Gasteiger partial charge in [0.2, 0.25) is 0 Å². The molecule has 1 aromatic rings. The number of fused-ring (bicyclic) bond motifs is 2. The van der Waals surface area contributed by atoms with Crippen LogP contribution in [0, 0.1) is 11.8 Å². The first-order valence-electron chi connectivity index (χ1n) is 9.71. The molecule has 1 saturated carbocycles. The molecule has 0 N–H and O–H groups in total. The van der Waals surface area contributed by atoms with Crippen LogP contribution in [0.1, 0.15) is 63.5 Å². The summed E-state index contributed by atoms with van der Waals surface area (Å²) in [5, 5.41) is 0. The van der Waals surface area contributed by atoms with E-state index < -0.39 is 0 Å². The Morgan fingerprint density at radius 3 is 2.39 bits per heavy atom. The third-order valence-electron chi connectivity index (χ3n) is 6.97. The Morgan fingerprint density at radius 1 is 1.00 bits per heavy atom. The molecule has 1 heteroatoms. The van der Waals surface area contributed by atoms with Crippen LogP contribution in [0.5, 0.6) is 0 Å². The van der Waals surface area contributed by atoms with Gasteiger partial charge in [-0.2, -0.15) is 0 Å². The lowest BCUT2D eigenvalue weighted by Crippen LogP contribution is -2.47. The van der Waals surface area contributed by atoms with E-state index in [0.29, 0.717) is 5.41 Å². The van der Waals surface area contributed by atoms with Crippen molar-refractivity contribution < 1.29 is 0 Å². The Hall–Kier alpha value is -1.08. The lowest BCUT2D eigenvalue weighted by atomic mass is 9.73. The summed E-state index contributed by atoms with van der Waals surface area (Å²) in [7, 11) is 0. The summed E-state index contributed by atoms with van der Waals surface area (Å²) in [5.41, 5.74) is 3.39. The molecule has 1 heterocycles. The third kappa shape index (κ3) is 2.78. The highest BCUT2D eigenvalue weighted by atomic mass is 15.2. The van der Waals surface area contributed by atoms with Crippen LogP contribution in [0.3, 0.4) is 0 Å². The van der Waals surface area contributed by atoms with E-state index in [0.717, 1.165) is 17.9 Å². The number of nitrogens with zero attached hydrogens (tertiary/aromatic N) is 1. The van der Waals surface area contributed by atoms with Crippen LogP contribution in [0.25, 0.3) is 6.08 Å². The maximum atomic E-state index is 2.82. The third-order valence-corrected chi connectivity index (χ3v) is 6.97. The van der Waals surface area contributed by atoms with E-state index >= 15 is 0 Å². The molecule has 3 aliphatic rings. The van der Waals surface area contributed by atoms with Gasteiger partial charge in [-0.3, -0.25) is 0 Å². The minimum Gasteiger partial charge on any atom is -0.300 e. The molecule has 0 unspecified atom stereocenters. The van der Waals surface area contributed by atoms with Crippen LogP contribution >= 0.6 is 0 Å². The van der Waals surface area contributed by atoms with E-state index in [-0.39, 0.29) is 0 Å². The first kappa shape index (κ1) is 15.4. The molecule has 1 saturated heterocycles. The summed E-state index contributed by atoms with van der Waals surface area (Å²) in [6.07, 6.45) is 13.3. The van der Waals surface area contributed by atoms with E-state index in [4.69, 9.17) is 0 Å². The fraction of sp³-hybridized carbons (Fsp3) is 0.636. The zero-order chi connectivity index (χ0) is 15.9. The summed E-state index contributed by atoms with van der Waals surface area (Å²) < 4.78 is 0. The van der Waals surface area contributed by atoms with Gasteiger partial charge in [-0.15, -0.1) is 0 Å². The second-order valence-electron chi connectivity index (χ2n) is 8.43. The highest BCUT2D eigenvalue weighted by Crippen LogP contribution is 2.44. The largest absolute Gasteiger partial charge is 0.300 e. The lowest BCUT2D eigenvalue weighted by molar-refractivity contribution is 0.0867. The molecular formula is C22H31N. The maximum absolute atomic E-state index is 2.82. The molecule has 1 aromatic carbocycles. The molecule has 4 rings (SSSR count). The van der Waals surface area contributed by atoms with Crippen LogP contribution in [-0.4, -0.2) is 24.0 Å². The van der Waals surface area contributed by atoms with Gasteiger partial charge in [-0.1, -0.05) is 50.3 Å². The molecule has 1 nitrogen and oxygen atoms in total. The van der Waals surface area contributed by atoms with Crippen molar-refractivity contribution in [1.29, 1.82) is 0 Å². The predicted molar refractivity (Wildman–Crippen MR) is 98.5 cm³/mol. The van der Waals surface area contributed by atoms with E-state index in [1.165, 1.54) is 57.2 Å². The monoisotopic (exact) mass is 309 g/mol. The minimum absolute atomic E-state index is 0.349. The van der Waals surface area contributed by atoms with Gasteiger partial charge in [-0.05, 0) is 74.6 Å². The molecule has 2 aliphatic carbocycles. The molecule has 2 fully saturated rings. The number of hydrogen-bond acceptors (Lipinski definition) is 1. The predicted octanol–water partition coefficient (Wildman–Crippen LogP) is 5.26. The van der Waals surface area contributed by atoms with Crippen molar-refractivity contribution in [2.45, 2.75) is 63.8 Å². The van der Waals surface area contributed by atoms with Crippen molar-refractivity contribution >= 4 is 6.08 Å². The van der Waals surface area contributed by atoms with Crippen LogP contribution in [0.15, 0.2) is 30.3 Å². The fourth-order valence-corrected chi connectivity index (χ4v) is 5.29. The molecule has 0 amide bonds. The Bertz CT molecular complexity index is 569. The van der Waals surface area contributed by atoms with Crippen LogP contribution in [0.4, 0.5) is 0 Å². The number of benzene rings is 1. The Morgan fingerprint density at radius 2 is 1.70 bits per heavy atom. The van der Waals surface area contributed by atoms with Crippen LogP contribution in [-0.2, 0) is 5.41 Å². The summed E-state index contributed by atoms with van der Waals surface area (Å²) in [4.78, 5) is 2.82. The van der Waals surface area contributed by atoms with Gasteiger partial charge in [0, 0.05) is 11.5 Å². The van der Waals surface area contributed by atoms with Crippen molar-refractivity contribution in [1.82, 2.24) is 4.90 Å². The van der Waals surface area contributed by atoms with Crippen molar-refractivity contribution in [2.24, 2.45) is 11.8 Å². The fourth-order valence-electron chi connectivity index (χ4n) is 5.29. The van der Waals surface area contributed by atoms with E-state index in [2.05, 4.69) is 55.2 Å². The highest BCUT2D eigenvalue weighted by Gasteiger charge is 2.39. The van der Waals surface area contributed by atoms with Gasteiger partial charge >= 0.3 is 0 Å². The molecular weight excluding hydrogens is 278 g/mol. The topological polar surface area (TPSA) is 3.24 Å². The van der Waals surface area contributed by atoms with Crippen molar-refractivity contribution in [2.75, 3.05) is 13.1 Å². The zero-order valence-electron chi connectivity index (χ0n) is 14.8. The number of allylic oxidation sites excluding steroid dienone is 1. The summed E-state index contributed by atoms with van der Waals surface area (Å²) >= 11 is 0. The molecule has 0 bridgehead atoms. The standard InChI is InChI=1S/C22H31N/c1-17(2)18-7-9-20(10-8-18)23-15-13-22(14-16-23)12-11-19-5-3-4-6-21(19)22/h3-6,11-12,17-18,20H,7-10,13-16H2,1-2H3. The molecule has 124 valence electrons. The Kier molecular flexibility index (Phi) is 4.09. The second-order valence-corrected chi connectivity index (χ2v) is 8.43. The number of hydrogen-bond donors (Lipinski definition) is 0. The van der Waals surface area contributed by atoms with Gasteiger partial charge < -0.3 is 4.90 Å². The number of rotatable bonds is 2. The Balaban J connectivity index is 1.38. The molecule has 1 aliphatic heterocycles. The number of likely N-dealkylation sites (tertiary alicyclic amines) is 1. The van der Waals surface area contributed by atoms with Gasteiger partial charge in [0.05, 0.1) is 0 Å². The Labute approximate surface area is 141 Å². The highest BCUT2D eigenvalue weighted by molar-refractivity contribution is 5.65. The lowest BCUT2D eigenvalue weighted by Gasteiger charge is -2.45. The SMILES string of the molecule is CC(C)C1CCC(N2CCC3(C=Cc4ccccc43)CC2)CC1.